The van der Waals surface area contributed by atoms with Crippen molar-refractivity contribution in [1.82, 2.24) is 0 Å². The van der Waals surface area contributed by atoms with Crippen molar-refractivity contribution in [3.05, 3.63) is 54.6 Å². The predicted molar refractivity (Wildman–Crippen MR) is 88.0 cm³/mol. The number of hydrogen-bond acceptors (Lipinski definition) is 2. The van der Waals surface area contributed by atoms with Gasteiger partial charge in [-0.1, -0.05) is 36.4 Å². The molecule has 0 aliphatic carbocycles. The van der Waals surface area contributed by atoms with Gasteiger partial charge in [0, 0.05) is 19.2 Å². The van der Waals surface area contributed by atoms with Crippen molar-refractivity contribution in [2.45, 2.75) is 0 Å². The van der Waals surface area contributed by atoms with Crippen LogP contribution < -0.4 is 5.19 Å². The van der Waals surface area contributed by atoms with Gasteiger partial charge in [0.25, 0.3) is 0 Å². The molecule has 0 bridgehead atoms. The summed E-state index contributed by atoms with van der Waals surface area (Å²) in [5.41, 5.74) is 0. The molecule has 2 aromatic carbocycles. The molecule has 2 heterocycles. The third-order valence-electron chi connectivity index (χ3n) is 3.24. The van der Waals surface area contributed by atoms with Gasteiger partial charge >= 0.3 is 0 Å². The predicted octanol–water partition coefficient (Wildman–Crippen LogP) is 4.58. The Balaban J connectivity index is 2.01. The standard InChI is InChI=1S/C16H9S2Si/c19-16-11-6-2-4-8-13(11)18-15(16)14-9-10-5-1-3-7-12(10)17-14/h1-9H. The van der Waals surface area contributed by atoms with E-state index >= 15 is 0 Å². The van der Waals surface area contributed by atoms with E-state index < -0.39 is 0 Å². The van der Waals surface area contributed by atoms with Gasteiger partial charge in [-0.15, -0.1) is 22.7 Å². The number of benzene rings is 2. The molecule has 0 saturated carbocycles. The highest BCUT2D eigenvalue weighted by Gasteiger charge is 2.12. The lowest BCUT2D eigenvalue weighted by Crippen LogP contribution is -2.01. The van der Waals surface area contributed by atoms with Gasteiger partial charge in [-0.25, -0.2) is 0 Å². The van der Waals surface area contributed by atoms with Crippen molar-refractivity contribution in [2.24, 2.45) is 0 Å². The van der Waals surface area contributed by atoms with E-state index in [1.807, 2.05) is 22.7 Å². The molecule has 2 aromatic heterocycles. The monoisotopic (exact) mass is 293 g/mol. The molecule has 3 radical (unpaired) electrons. The van der Waals surface area contributed by atoms with Gasteiger partial charge in [0.1, 0.15) is 0 Å². The summed E-state index contributed by atoms with van der Waals surface area (Å²) in [6.07, 6.45) is 0. The maximum absolute atomic E-state index is 3.82. The first-order valence-electron chi connectivity index (χ1n) is 6.05. The molecule has 4 aromatic rings. The Labute approximate surface area is 122 Å². The third-order valence-corrected chi connectivity index (χ3v) is 6.41. The zero-order chi connectivity index (χ0) is 12.8. The van der Waals surface area contributed by atoms with Gasteiger partial charge in [0.15, 0.2) is 0 Å². The van der Waals surface area contributed by atoms with Crippen molar-refractivity contribution >= 4 is 58.3 Å². The second-order valence-electron chi connectivity index (χ2n) is 4.45. The molecule has 0 nitrogen and oxygen atoms in total. The van der Waals surface area contributed by atoms with Crippen LogP contribution in [0, 0.1) is 0 Å². The van der Waals surface area contributed by atoms with E-state index in [0.29, 0.717) is 0 Å². The van der Waals surface area contributed by atoms with Gasteiger partial charge in [-0.2, -0.15) is 0 Å². The number of thiophene rings is 2. The van der Waals surface area contributed by atoms with Gasteiger partial charge < -0.3 is 0 Å². The van der Waals surface area contributed by atoms with Crippen LogP contribution >= 0.6 is 22.7 Å². The lowest BCUT2D eigenvalue weighted by atomic mass is 10.2. The topological polar surface area (TPSA) is 0 Å². The summed E-state index contributed by atoms with van der Waals surface area (Å²) >= 11 is 3.71. The fraction of sp³-hybridized carbons (Fsp3) is 0. The molecule has 3 heteroatoms. The fourth-order valence-electron chi connectivity index (χ4n) is 2.31. The number of rotatable bonds is 1. The van der Waals surface area contributed by atoms with E-state index in [4.69, 9.17) is 0 Å². The highest BCUT2D eigenvalue weighted by atomic mass is 32.1. The summed E-state index contributed by atoms with van der Waals surface area (Å²) in [5.74, 6) is 0. The van der Waals surface area contributed by atoms with Crippen LogP contribution in [0.2, 0.25) is 0 Å². The van der Waals surface area contributed by atoms with Crippen LogP contribution in [0.15, 0.2) is 54.6 Å². The van der Waals surface area contributed by atoms with E-state index in [1.54, 1.807) is 0 Å². The zero-order valence-electron chi connectivity index (χ0n) is 10.0. The SMILES string of the molecule is [Si]c1c(-c2cc3ccccc3s2)sc2ccccc12. The van der Waals surface area contributed by atoms with Crippen molar-refractivity contribution in [1.29, 1.82) is 0 Å². The summed E-state index contributed by atoms with van der Waals surface area (Å²) < 4.78 is 2.68. The largest absolute Gasteiger partial charge is 0.135 e. The van der Waals surface area contributed by atoms with Crippen LogP contribution in [0.5, 0.6) is 0 Å². The second-order valence-corrected chi connectivity index (χ2v) is 7.09. The van der Waals surface area contributed by atoms with Crippen LogP contribution in [0.4, 0.5) is 0 Å². The van der Waals surface area contributed by atoms with E-state index in [0.717, 1.165) is 0 Å². The molecule has 4 rings (SSSR count). The van der Waals surface area contributed by atoms with Crippen molar-refractivity contribution < 1.29 is 0 Å². The molecule has 0 fully saturated rings. The Morgan fingerprint density at radius 1 is 0.789 bits per heavy atom. The number of hydrogen-bond donors (Lipinski definition) is 0. The van der Waals surface area contributed by atoms with Crippen LogP contribution in [0.25, 0.3) is 29.9 Å². The molecule has 0 amide bonds. The second kappa shape index (κ2) is 4.30. The van der Waals surface area contributed by atoms with E-state index in [-0.39, 0.29) is 0 Å². The van der Waals surface area contributed by atoms with Crippen molar-refractivity contribution in [2.75, 3.05) is 0 Å². The highest BCUT2D eigenvalue weighted by Crippen LogP contribution is 2.37. The van der Waals surface area contributed by atoms with Gasteiger partial charge in [-0.3, -0.25) is 0 Å². The molecule has 0 aliphatic heterocycles. The molecule has 19 heavy (non-hydrogen) atoms. The first-order chi connectivity index (χ1) is 9.33. The van der Waals surface area contributed by atoms with Crippen molar-refractivity contribution in [3.8, 4) is 9.75 Å². The lowest BCUT2D eigenvalue weighted by molar-refractivity contribution is 1.85. The molecule has 0 N–H and O–H groups in total. The van der Waals surface area contributed by atoms with Crippen LogP contribution in [-0.2, 0) is 0 Å². The molecule has 89 valence electrons. The molecule has 0 atom stereocenters. The third kappa shape index (κ3) is 1.77. The Morgan fingerprint density at radius 3 is 2.32 bits per heavy atom. The first-order valence-corrected chi connectivity index (χ1v) is 8.18. The molecular formula is C16H9S2Si. The van der Waals surface area contributed by atoms with E-state index in [2.05, 4.69) is 64.8 Å². The molecule has 0 spiro atoms. The lowest BCUT2D eigenvalue weighted by Gasteiger charge is -1.93. The summed E-state index contributed by atoms with van der Waals surface area (Å²) in [5, 5.41) is 3.84. The summed E-state index contributed by atoms with van der Waals surface area (Å²) in [6, 6.07) is 19.4. The van der Waals surface area contributed by atoms with Crippen LogP contribution in [0.3, 0.4) is 0 Å². The summed E-state index contributed by atoms with van der Waals surface area (Å²) in [6.45, 7) is 0. The summed E-state index contributed by atoms with van der Waals surface area (Å²) in [7, 11) is 3.82. The fourth-order valence-corrected chi connectivity index (χ4v) is 5.28. The Kier molecular flexibility index (Phi) is 2.58. The minimum absolute atomic E-state index is 1.21. The molecule has 0 aliphatic rings. The highest BCUT2D eigenvalue weighted by molar-refractivity contribution is 7.29. The molecule has 0 unspecified atom stereocenters. The maximum atomic E-state index is 3.82. The zero-order valence-corrected chi connectivity index (χ0v) is 12.6. The van der Waals surface area contributed by atoms with Gasteiger partial charge in [0.05, 0.1) is 10.2 Å². The Bertz CT molecular complexity index is 853. The Hall–Kier alpha value is -1.42. The average Bonchev–Trinajstić information content (AvgIpc) is 3.00. The smallest absolute Gasteiger partial charge is 0.0741 e. The van der Waals surface area contributed by atoms with Gasteiger partial charge in [0.2, 0.25) is 0 Å². The van der Waals surface area contributed by atoms with E-state index in [1.165, 1.54) is 35.1 Å². The summed E-state index contributed by atoms with van der Waals surface area (Å²) in [4.78, 5) is 2.67. The number of fused-ring (bicyclic) bond motifs is 2. The van der Waals surface area contributed by atoms with Gasteiger partial charge in [-0.05, 0) is 34.2 Å². The maximum Gasteiger partial charge on any atom is 0.0741 e. The van der Waals surface area contributed by atoms with E-state index in [9.17, 15) is 0 Å². The van der Waals surface area contributed by atoms with Crippen LogP contribution in [-0.4, -0.2) is 10.2 Å². The normalized spacial score (nSPS) is 11.4. The molecule has 0 saturated heterocycles. The average molecular weight is 293 g/mol. The van der Waals surface area contributed by atoms with Crippen molar-refractivity contribution in [3.63, 3.8) is 0 Å². The molecular weight excluding hydrogens is 284 g/mol. The quantitative estimate of drug-likeness (QED) is 0.451. The minimum Gasteiger partial charge on any atom is -0.135 e. The van der Waals surface area contributed by atoms with Crippen LogP contribution in [0.1, 0.15) is 0 Å². The minimum atomic E-state index is 1.21. The Morgan fingerprint density at radius 2 is 1.53 bits per heavy atom. The first kappa shape index (κ1) is 11.4.